The number of carbonyl (C=O) groups excluding carboxylic acids is 1. The minimum Gasteiger partial charge on any atom is -0.326 e. The quantitative estimate of drug-likeness (QED) is 0.927. The van der Waals surface area contributed by atoms with Gasteiger partial charge in [0, 0.05) is 31.2 Å². The maximum atomic E-state index is 12.0. The van der Waals surface area contributed by atoms with E-state index in [1.165, 1.54) is 11.1 Å². The number of amides is 1. The maximum Gasteiger partial charge on any atom is 0.228 e. The van der Waals surface area contributed by atoms with Crippen molar-refractivity contribution in [3.05, 3.63) is 59.4 Å². The lowest BCUT2D eigenvalue weighted by Gasteiger charge is -2.07. The smallest absolute Gasteiger partial charge is 0.228 e. The SMILES string of the molecule is CN1Cc2ccc(NC(=O)Cc3ccncc3)cc2C1. The van der Waals surface area contributed by atoms with Crippen molar-refractivity contribution in [2.75, 3.05) is 12.4 Å². The second-order valence-electron chi connectivity index (χ2n) is 5.24. The number of carbonyl (C=O) groups is 1. The number of fused-ring (bicyclic) bond motifs is 1. The number of rotatable bonds is 3. The topological polar surface area (TPSA) is 45.2 Å². The monoisotopic (exact) mass is 267 g/mol. The second-order valence-corrected chi connectivity index (χ2v) is 5.24. The van der Waals surface area contributed by atoms with Gasteiger partial charge in [-0.2, -0.15) is 0 Å². The van der Waals surface area contributed by atoms with E-state index in [1.54, 1.807) is 12.4 Å². The maximum absolute atomic E-state index is 12.0. The normalized spacial score (nSPS) is 14.1. The van der Waals surface area contributed by atoms with Crippen LogP contribution in [0.25, 0.3) is 0 Å². The lowest BCUT2D eigenvalue weighted by atomic mass is 10.1. The Bertz CT molecular complexity index is 625. The van der Waals surface area contributed by atoms with Crippen LogP contribution in [0, 0.1) is 0 Å². The van der Waals surface area contributed by atoms with Gasteiger partial charge in [-0.3, -0.25) is 14.7 Å². The number of aromatic nitrogens is 1. The van der Waals surface area contributed by atoms with Crippen LogP contribution in [0.5, 0.6) is 0 Å². The molecular weight excluding hydrogens is 250 g/mol. The molecule has 1 aromatic heterocycles. The Labute approximate surface area is 118 Å². The minimum atomic E-state index is 0.00232. The van der Waals surface area contributed by atoms with Gasteiger partial charge in [-0.1, -0.05) is 6.07 Å². The Morgan fingerprint density at radius 2 is 1.95 bits per heavy atom. The zero-order valence-electron chi connectivity index (χ0n) is 11.5. The fraction of sp³-hybridized carbons (Fsp3) is 0.250. The Hall–Kier alpha value is -2.20. The summed E-state index contributed by atoms with van der Waals surface area (Å²) in [6, 6.07) is 9.86. The second kappa shape index (κ2) is 5.43. The molecule has 2 heterocycles. The van der Waals surface area contributed by atoms with Gasteiger partial charge in [-0.25, -0.2) is 0 Å². The van der Waals surface area contributed by atoms with Gasteiger partial charge in [0.05, 0.1) is 6.42 Å². The van der Waals surface area contributed by atoms with Crippen LogP contribution in [-0.2, 0) is 24.3 Å². The number of nitrogens with one attached hydrogen (secondary N) is 1. The first kappa shape index (κ1) is 12.8. The highest BCUT2D eigenvalue weighted by Crippen LogP contribution is 2.24. The first-order chi connectivity index (χ1) is 9.70. The first-order valence-corrected chi connectivity index (χ1v) is 6.70. The lowest BCUT2D eigenvalue weighted by Crippen LogP contribution is -2.14. The molecule has 3 rings (SSSR count). The average Bonchev–Trinajstić information content (AvgIpc) is 2.79. The molecule has 0 saturated carbocycles. The summed E-state index contributed by atoms with van der Waals surface area (Å²) in [5.74, 6) is 0.00232. The van der Waals surface area contributed by atoms with E-state index in [-0.39, 0.29) is 5.91 Å². The van der Waals surface area contributed by atoms with E-state index in [4.69, 9.17) is 0 Å². The fourth-order valence-electron chi connectivity index (χ4n) is 2.53. The summed E-state index contributed by atoms with van der Waals surface area (Å²) >= 11 is 0. The molecule has 1 aromatic carbocycles. The van der Waals surface area contributed by atoms with Gasteiger partial charge in [0.15, 0.2) is 0 Å². The van der Waals surface area contributed by atoms with Crippen LogP contribution in [0.15, 0.2) is 42.7 Å². The van der Waals surface area contributed by atoms with Crippen molar-refractivity contribution in [3.8, 4) is 0 Å². The Kier molecular flexibility index (Phi) is 3.48. The molecule has 0 radical (unpaired) electrons. The highest BCUT2D eigenvalue weighted by atomic mass is 16.1. The molecule has 4 nitrogen and oxygen atoms in total. The minimum absolute atomic E-state index is 0.00232. The molecule has 1 N–H and O–H groups in total. The molecule has 0 spiro atoms. The number of pyridine rings is 1. The van der Waals surface area contributed by atoms with Gasteiger partial charge in [0.25, 0.3) is 0 Å². The van der Waals surface area contributed by atoms with Crippen LogP contribution in [0.4, 0.5) is 5.69 Å². The summed E-state index contributed by atoms with van der Waals surface area (Å²) in [5, 5.41) is 2.96. The third-order valence-electron chi connectivity index (χ3n) is 3.48. The zero-order valence-corrected chi connectivity index (χ0v) is 11.5. The number of anilines is 1. The van der Waals surface area contributed by atoms with Crippen molar-refractivity contribution in [1.82, 2.24) is 9.88 Å². The predicted molar refractivity (Wildman–Crippen MR) is 78.2 cm³/mol. The summed E-state index contributed by atoms with van der Waals surface area (Å²) in [6.45, 7) is 1.93. The van der Waals surface area contributed by atoms with Crippen LogP contribution in [0.1, 0.15) is 16.7 Å². The Morgan fingerprint density at radius 1 is 1.20 bits per heavy atom. The van der Waals surface area contributed by atoms with Gasteiger partial charge in [-0.15, -0.1) is 0 Å². The summed E-state index contributed by atoms with van der Waals surface area (Å²) in [4.78, 5) is 18.2. The molecular formula is C16H17N3O. The molecule has 1 aliphatic heterocycles. The van der Waals surface area contributed by atoms with E-state index < -0.39 is 0 Å². The molecule has 1 amide bonds. The molecule has 0 fully saturated rings. The standard InChI is InChI=1S/C16H17N3O/c1-19-10-13-2-3-15(9-14(13)11-19)18-16(20)8-12-4-6-17-7-5-12/h2-7,9H,8,10-11H2,1H3,(H,18,20). The summed E-state index contributed by atoms with van der Waals surface area (Å²) in [7, 11) is 2.10. The third-order valence-corrected chi connectivity index (χ3v) is 3.48. The van der Waals surface area contributed by atoms with E-state index in [0.29, 0.717) is 6.42 Å². The number of nitrogens with zero attached hydrogens (tertiary/aromatic N) is 2. The van der Waals surface area contributed by atoms with Gasteiger partial charge in [-0.05, 0) is 48.0 Å². The Morgan fingerprint density at radius 3 is 2.75 bits per heavy atom. The van der Waals surface area contributed by atoms with Crippen molar-refractivity contribution >= 4 is 11.6 Å². The summed E-state index contributed by atoms with van der Waals surface area (Å²) < 4.78 is 0. The molecule has 20 heavy (non-hydrogen) atoms. The lowest BCUT2D eigenvalue weighted by molar-refractivity contribution is -0.115. The largest absolute Gasteiger partial charge is 0.326 e. The fourth-order valence-corrected chi connectivity index (χ4v) is 2.53. The highest BCUT2D eigenvalue weighted by Gasteiger charge is 2.15. The van der Waals surface area contributed by atoms with Crippen LogP contribution in [0.2, 0.25) is 0 Å². The molecule has 1 aliphatic rings. The molecule has 0 unspecified atom stereocenters. The first-order valence-electron chi connectivity index (χ1n) is 6.70. The molecule has 2 aromatic rings. The number of hydrogen-bond acceptors (Lipinski definition) is 3. The Balaban J connectivity index is 1.66. The van der Waals surface area contributed by atoms with Crippen LogP contribution >= 0.6 is 0 Å². The predicted octanol–water partition coefficient (Wildman–Crippen LogP) is 2.21. The van der Waals surface area contributed by atoms with Crippen LogP contribution in [0.3, 0.4) is 0 Å². The van der Waals surface area contributed by atoms with Crippen molar-refractivity contribution in [3.63, 3.8) is 0 Å². The molecule has 0 saturated heterocycles. The van der Waals surface area contributed by atoms with Crippen molar-refractivity contribution in [2.24, 2.45) is 0 Å². The summed E-state index contributed by atoms with van der Waals surface area (Å²) in [6.07, 6.45) is 3.78. The van der Waals surface area contributed by atoms with Crippen LogP contribution in [-0.4, -0.2) is 22.8 Å². The van der Waals surface area contributed by atoms with E-state index in [2.05, 4.69) is 34.4 Å². The molecule has 102 valence electrons. The van der Waals surface area contributed by atoms with Gasteiger partial charge in [0.2, 0.25) is 5.91 Å². The van der Waals surface area contributed by atoms with Crippen molar-refractivity contribution in [2.45, 2.75) is 19.5 Å². The number of benzene rings is 1. The average molecular weight is 267 g/mol. The van der Waals surface area contributed by atoms with Crippen molar-refractivity contribution < 1.29 is 4.79 Å². The van der Waals surface area contributed by atoms with Gasteiger partial charge >= 0.3 is 0 Å². The molecule has 0 atom stereocenters. The number of hydrogen-bond donors (Lipinski definition) is 1. The molecule has 4 heteroatoms. The van der Waals surface area contributed by atoms with E-state index >= 15 is 0 Å². The third kappa shape index (κ3) is 2.86. The molecule has 0 bridgehead atoms. The van der Waals surface area contributed by atoms with Gasteiger partial charge < -0.3 is 5.32 Å². The summed E-state index contributed by atoms with van der Waals surface area (Å²) in [5.41, 5.74) is 4.49. The van der Waals surface area contributed by atoms with E-state index in [9.17, 15) is 4.79 Å². The van der Waals surface area contributed by atoms with Gasteiger partial charge in [0.1, 0.15) is 0 Å². The highest BCUT2D eigenvalue weighted by molar-refractivity contribution is 5.92. The zero-order chi connectivity index (χ0) is 13.9. The van der Waals surface area contributed by atoms with Crippen LogP contribution < -0.4 is 5.32 Å². The van der Waals surface area contributed by atoms with E-state index in [0.717, 1.165) is 24.3 Å². The molecule has 0 aliphatic carbocycles. The van der Waals surface area contributed by atoms with Crippen molar-refractivity contribution in [1.29, 1.82) is 0 Å². The van der Waals surface area contributed by atoms with E-state index in [1.807, 2.05) is 18.2 Å².